The van der Waals surface area contributed by atoms with Gasteiger partial charge >= 0.3 is 0 Å². The zero-order valence-corrected chi connectivity index (χ0v) is 10.8. The molecule has 0 unspecified atom stereocenters. The summed E-state index contributed by atoms with van der Waals surface area (Å²) < 4.78 is 10.7. The summed E-state index contributed by atoms with van der Waals surface area (Å²) in [5, 5.41) is 0. The summed E-state index contributed by atoms with van der Waals surface area (Å²) in [7, 11) is 3.28. The molecule has 3 heteroatoms. The Labute approximate surface area is 102 Å². The van der Waals surface area contributed by atoms with Crippen LogP contribution in [0.15, 0.2) is 12.1 Å². The number of benzene rings is 1. The van der Waals surface area contributed by atoms with Gasteiger partial charge in [-0.05, 0) is 44.4 Å². The summed E-state index contributed by atoms with van der Waals surface area (Å²) in [6, 6.07) is 3.89. The van der Waals surface area contributed by atoms with Crippen molar-refractivity contribution in [3.05, 3.63) is 23.3 Å². The van der Waals surface area contributed by atoms with Gasteiger partial charge in [0.2, 0.25) is 0 Å². The van der Waals surface area contributed by atoms with Gasteiger partial charge in [0.15, 0.2) is 0 Å². The minimum atomic E-state index is -0.327. The first kappa shape index (κ1) is 12.0. The van der Waals surface area contributed by atoms with Crippen LogP contribution in [-0.4, -0.2) is 20.0 Å². The predicted octanol–water partition coefficient (Wildman–Crippen LogP) is 2.63. The fourth-order valence-corrected chi connectivity index (χ4v) is 2.36. The fourth-order valence-electron chi connectivity index (χ4n) is 2.36. The van der Waals surface area contributed by atoms with Gasteiger partial charge in [-0.25, -0.2) is 0 Å². The molecular formula is C14H18O3. The van der Waals surface area contributed by atoms with Crippen molar-refractivity contribution in [2.24, 2.45) is 0 Å². The van der Waals surface area contributed by atoms with Gasteiger partial charge in [-0.15, -0.1) is 0 Å². The number of methoxy groups -OCH3 is 2. The van der Waals surface area contributed by atoms with Crippen LogP contribution in [-0.2, 0) is 10.2 Å². The highest BCUT2D eigenvalue weighted by molar-refractivity contribution is 5.92. The van der Waals surface area contributed by atoms with Gasteiger partial charge in [0.1, 0.15) is 17.3 Å². The molecule has 3 nitrogen and oxygen atoms in total. The molecule has 1 aromatic rings. The van der Waals surface area contributed by atoms with E-state index in [4.69, 9.17) is 9.47 Å². The highest BCUT2D eigenvalue weighted by atomic mass is 16.5. The van der Waals surface area contributed by atoms with Gasteiger partial charge in [0.05, 0.1) is 19.6 Å². The lowest BCUT2D eigenvalue weighted by Crippen LogP contribution is -2.18. The first-order valence-electron chi connectivity index (χ1n) is 5.79. The molecule has 0 amide bonds. The molecule has 1 saturated carbocycles. The Balaban J connectivity index is 2.56. The molecule has 0 radical (unpaired) electrons. The fraction of sp³-hybridized carbons (Fsp3) is 0.500. The van der Waals surface area contributed by atoms with Crippen molar-refractivity contribution in [1.82, 2.24) is 0 Å². The lowest BCUT2D eigenvalue weighted by molar-refractivity contribution is -0.119. The summed E-state index contributed by atoms with van der Waals surface area (Å²) in [6.45, 7) is 3.62. The Kier molecular flexibility index (Phi) is 2.86. The third-order valence-electron chi connectivity index (χ3n) is 3.66. The molecule has 0 N–H and O–H groups in total. The highest BCUT2D eigenvalue weighted by Gasteiger charge is 2.50. The minimum Gasteiger partial charge on any atom is -0.496 e. The molecule has 1 aliphatic carbocycles. The molecular weight excluding hydrogens is 216 g/mol. The summed E-state index contributed by atoms with van der Waals surface area (Å²) in [6.07, 6.45) is 1.82. The van der Waals surface area contributed by atoms with Crippen LogP contribution in [0.25, 0.3) is 0 Å². The van der Waals surface area contributed by atoms with E-state index in [9.17, 15) is 4.79 Å². The van der Waals surface area contributed by atoms with Gasteiger partial charge in [0.25, 0.3) is 0 Å². The van der Waals surface area contributed by atoms with Crippen LogP contribution in [0.2, 0.25) is 0 Å². The number of hydrogen-bond acceptors (Lipinski definition) is 3. The number of ether oxygens (including phenoxy) is 2. The third-order valence-corrected chi connectivity index (χ3v) is 3.66. The van der Waals surface area contributed by atoms with E-state index < -0.39 is 0 Å². The van der Waals surface area contributed by atoms with Crippen molar-refractivity contribution in [3.8, 4) is 11.5 Å². The van der Waals surface area contributed by atoms with Crippen molar-refractivity contribution in [3.63, 3.8) is 0 Å². The largest absolute Gasteiger partial charge is 0.496 e. The second kappa shape index (κ2) is 4.06. The number of aryl methyl sites for hydroxylation is 1. The molecule has 17 heavy (non-hydrogen) atoms. The highest BCUT2D eigenvalue weighted by Crippen LogP contribution is 2.53. The van der Waals surface area contributed by atoms with Crippen molar-refractivity contribution < 1.29 is 14.3 Å². The van der Waals surface area contributed by atoms with Gasteiger partial charge < -0.3 is 9.47 Å². The van der Waals surface area contributed by atoms with Gasteiger partial charge in [-0.2, -0.15) is 0 Å². The molecule has 0 atom stereocenters. The van der Waals surface area contributed by atoms with E-state index >= 15 is 0 Å². The monoisotopic (exact) mass is 234 g/mol. The summed E-state index contributed by atoms with van der Waals surface area (Å²) in [5.74, 6) is 1.81. The predicted molar refractivity (Wildman–Crippen MR) is 65.9 cm³/mol. The zero-order chi connectivity index (χ0) is 12.6. The van der Waals surface area contributed by atoms with E-state index in [0.29, 0.717) is 0 Å². The second-order valence-corrected chi connectivity index (χ2v) is 4.66. The molecule has 0 spiro atoms. The second-order valence-electron chi connectivity index (χ2n) is 4.66. The number of carbonyl (C=O) groups is 1. The van der Waals surface area contributed by atoms with Crippen molar-refractivity contribution in [2.75, 3.05) is 14.2 Å². The first-order chi connectivity index (χ1) is 8.05. The number of hydrogen-bond donors (Lipinski definition) is 0. The molecule has 92 valence electrons. The Morgan fingerprint density at radius 1 is 1.18 bits per heavy atom. The smallest absolute Gasteiger partial charge is 0.140 e. The van der Waals surface area contributed by atoms with E-state index in [0.717, 1.165) is 35.5 Å². The van der Waals surface area contributed by atoms with Crippen molar-refractivity contribution in [2.45, 2.75) is 32.1 Å². The molecule has 0 saturated heterocycles. The lowest BCUT2D eigenvalue weighted by Gasteiger charge is -2.18. The number of Topliss-reactive ketones (excluding diaryl/α,β-unsaturated/α-hetero) is 1. The standard InChI is InChI=1S/C14H18O3/c1-9-7-13(17-4)11(8-12(9)16-3)14(5-6-14)10(2)15/h7-8H,5-6H2,1-4H3. The maximum atomic E-state index is 11.8. The van der Waals surface area contributed by atoms with Crippen LogP contribution >= 0.6 is 0 Å². The van der Waals surface area contributed by atoms with Crippen LogP contribution in [0.5, 0.6) is 11.5 Å². The average molecular weight is 234 g/mol. The molecule has 1 aromatic carbocycles. The number of carbonyl (C=O) groups excluding carboxylic acids is 1. The molecule has 0 heterocycles. The normalized spacial score (nSPS) is 16.5. The Hall–Kier alpha value is -1.51. The van der Waals surface area contributed by atoms with Crippen molar-refractivity contribution >= 4 is 5.78 Å². The van der Waals surface area contributed by atoms with Gasteiger partial charge in [-0.1, -0.05) is 0 Å². The Bertz CT molecular complexity index is 459. The van der Waals surface area contributed by atoms with Gasteiger partial charge in [-0.3, -0.25) is 4.79 Å². The molecule has 0 aliphatic heterocycles. The molecule has 0 bridgehead atoms. The zero-order valence-electron chi connectivity index (χ0n) is 10.8. The molecule has 2 rings (SSSR count). The quantitative estimate of drug-likeness (QED) is 0.803. The van der Waals surface area contributed by atoms with E-state index in [1.165, 1.54) is 0 Å². The van der Waals surface area contributed by atoms with Crippen LogP contribution in [0, 0.1) is 6.92 Å². The van der Waals surface area contributed by atoms with E-state index in [-0.39, 0.29) is 11.2 Å². The maximum absolute atomic E-state index is 11.8. The van der Waals surface area contributed by atoms with Crippen LogP contribution in [0.1, 0.15) is 30.9 Å². The maximum Gasteiger partial charge on any atom is 0.140 e. The van der Waals surface area contributed by atoms with E-state index in [1.807, 2.05) is 19.1 Å². The third kappa shape index (κ3) is 1.79. The molecule has 1 fully saturated rings. The minimum absolute atomic E-state index is 0.210. The van der Waals surface area contributed by atoms with E-state index in [1.54, 1.807) is 21.1 Å². The SMILES string of the molecule is COc1cc(C2(C(C)=O)CC2)c(OC)cc1C. The number of ketones is 1. The lowest BCUT2D eigenvalue weighted by atomic mass is 9.90. The Morgan fingerprint density at radius 3 is 2.18 bits per heavy atom. The van der Waals surface area contributed by atoms with E-state index in [2.05, 4.69) is 0 Å². The first-order valence-corrected chi connectivity index (χ1v) is 5.79. The molecule has 1 aliphatic rings. The average Bonchev–Trinajstić information content (AvgIpc) is 3.09. The Morgan fingerprint density at radius 2 is 1.76 bits per heavy atom. The van der Waals surface area contributed by atoms with Crippen molar-refractivity contribution in [1.29, 1.82) is 0 Å². The summed E-state index contributed by atoms with van der Waals surface area (Å²) >= 11 is 0. The number of rotatable bonds is 4. The summed E-state index contributed by atoms with van der Waals surface area (Å²) in [4.78, 5) is 11.8. The molecule has 0 aromatic heterocycles. The van der Waals surface area contributed by atoms with Crippen LogP contribution in [0.3, 0.4) is 0 Å². The van der Waals surface area contributed by atoms with Crippen LogP contribution < -0.4 is 9.47 Å². The topological polar surface area (TPSA) is 35.5 Å². The summed E-state index contributed by atoms with van der Waals surface area (Å²) in [5.41, 5.74) is 1.66. The van der Waals surface area contributed by atoms with Crippen LogP contribution in [0.4, 0.5) is 0 Å². The van der Waals surface area contributed by atoms with Gasteiger partial charge in [0, 0.05) is 5.56 Å².